The van der Waals surface area contributed by atoms with Gasteiger partial charge in [0.15, 0.2) is 0 Å². The molecule has 1 atom stereocenters. The van der Waals surface area contributed by atoms with Gasteiger partial charge in [-0.2, -0.15) is 0 Å². The van der Waals surface area contributed by atoms with Crippen LogP contribution in [-0.2, 0) is 16.1 Å². The third-order valence-corrected chi connectivity index (χ3v) is 2.83. The zero-order valence-electron chi connectivity index (χ0n) is 10.5. The van der Waals surface area contributed by atoms with Crippen LogP contribution in [0.2, 0.25) is 0 Å². The van der Waals surface area contributed by atoms with E-state index in [2.05, 4.69) is 21.1 Å². The number of nitrogens with one attached hydrogen (secondary N) is 1. The third-order valence-electron chi connectivity index (χ3n) is 2.83. The molecule has 0 aliphatic heterocycles. The maximum atomic E-state index is 11.3. The number of methoxy groups -OCH3 is 1. The van der Waals surface area contributed by atoms with Crippen molar-refractivity contribution in [2.24, 2.45) is 0 Å². The summed E-state index contributed by atoms with van der Waals surface area (Å²) < 4.78 is 4.66. The maximum Gasteiger partial charge on any atom is 0.322 e. The minimum absolute atomic E-state index is 0.252. The molecule has 0 aliphatic rings. The Hall–Kier alpha value is -1.94. The van der Waals surface area contributed by atoms with Gasteiger partial charge in [-0.1, -0.05) is 12.1 Å². The lowest BCUT2D eigenvalue weighted by molar-refractivity contribution is -0.142. The largest absolute Gasteiger partial charge is 0.468 e. The van der Waals surface area contributed by atoms with Gasteiger partial charge in [0.25, 0.3) is 0 Å². The van der Waals surface area contributed by atoms with Crippen LogP contribution in [0.4, 0.5) is 0 Å². The highest BCUT2D eigenvalue weighted by Gasteiger charge is 2.11. The number of esters is 1. The Kier molecular flexibility index (Phi) is 3.89. The number of benzene rings is 1. The van der Waals surface area contributed by atoms with Crippen molar-refractivity contribution >= 4 is 16.9 Å². The Bertz CT molecular complexity index is 554. The molecule has 4 heteroatoms. The van der Waals surface area contributed by atoms with E-state index >= 15 is 0 Å². The molecule has 1 aromatic carbocycles. The predicted octanol–water partition coefficient (Wildman–Crippen LogP) is 1.89. The second-order valence-corrected chi connectivity index (χ2v) is 4.16. The summed E-state index contributed by atoms with van der Waals surface area (Å²) in [5.41, 5.74) is 2.09. The summed E-state index contributed by atoms with van der Waals surface area (Å²) in [5, 5.41) is 4.22. The number of hydrogen-bond donors (Lipinski definition) is 1. The molecule has 4 nitrogen and oxygen atoms in total. The van der Waals surface area contributed by atoms with Crippen LogP contribution in [0.3, 0.4) is 0 Å². The van der Waals surface area contributed by atoms with Gasteiger partial charge in [0.1, 0.15) is 6.04 Å². The molecule has 0 spiro atoms. The third kappa shape index (κ3) is 2.84. The normalized spacial score (nSPS) is 12.3. The fourth-order valence-electron chi connectivity index (χ4n) is 1.77. The molecule has 0 fully saturated rings. The summed E-state index contributed by atoms with van der Waals surface area (Å²) in [6, 6.07) is 9.69. The lowest BCUT2D eigenvalue weighted by atomic mass is 10.1. The van der Waals surface area contributed by atoms with Crippen molar-refractivity contribution in [1.82, 2.24) is 10.3 Å². The first kappa shape index (κ1) is 12.5. The minimum Gasteiger partial charge on any atom is -0.468 e. The van der Waals surface area contributed by atoms with Gasteiger partial charge in [-0.05, 0) is 30.7 Å². The Balaban J connectivity index is 2.06. The van der Waals surface area contributed by atoms with Crippen LogP contribution < -0.4 is 5.32 Å². The van der Waals surface area contributed by atoms with E-state index < -0.39 is 0 Å². The number of fused-ring (bicyclic) bond motifs is 1. The number of carbonyl (C=O) groups excluding carboxylic acids is 1. The highest BCUT2D eigenvalue weighted by atomic mass is 16.5. The summed E-state index contributed by atoms with van der Waals surface area (Å²) in [6.45, 7) is 2.41. The second kappa shape index (κ2) is 5.60. The van der Waals surface area contributed by atoms with Crippen LogP contribution >= 0.6 is 0 Å². The molecular weight excluding hydrogens is 228 g/mol. The van der Waals surface area contributed by atoms with E-state index in [4.69, 9.17) is 0 Å². The van der Waals surface area contributed by atoms with E-state index in [9.17, 15) is 4.79 Å². The van der Waals surface area contributed by atoms with Crippen LogP contribution in [0.5, 0.6) is 0 Å². The fourth-order valence-corrected chi connectivity index (χ4v) is 1.77. The molecule has 2 rings (SSSR count). The molecular formula is C14H16N2O2. The van der Waals surface area contributed by atoms with Gasteiger partial charge in [0, 0.05) is 18.1 Å². The quantitative estimate of drug-likeness (QED) is 0.834. The summed E-state index contributed by atoms with van der Waals surface area (Å²) in [5.74, 6) is -0.252. The summed E-state index contributed by atoms with van der Waals surface area (Å²) >= 11 is 0. The lowest BCUT2D eigenvalue weighted by Crippen LogP contribution is -2.34. The molecule has 0 radical (unpaired) electrons. The van der Waals surface area contributed by atoms with Crippen LogP contribution in [0.15, 0.2) is 36.5 Å². The number of rotatable bonds is 4. The van der Waals surface area contributed by atoms with Gasteiger partial charge in [-0.3, -0.25) is 9.78 Å². The minimum atomic E-state index is -0.306. The molecule has 0 unspecified atom stereocenters. The number of hydrogen-bond acceptors (Lipinski definition) is 4. The topological polar surface area (TPSA) is 51.2 Å². The first-order valence-corrected chi connectivity index (χ1v) is 5.85. The molecule has 1 N–H and O–H groups in total. The molecule has 0 bridgehead atoms. The molecule has 0 saturated heterocycles. The number of pyridine rings is 1. The van der Waals surface area contributed by atoms with Crippen LogP contribution in [0.25, 0.3) is 10.9 Å². The van der Waals surface area contributed by atoms with Gasteiger partial charge in [-0.15, -0.1) is 0 Å². The highest BCUT2D eigenvalue weighted by molar-refractivity contribution is 5.79. The summed E-state index contributed by atoms with van der Waals surface area (Å²) in [7, 11) is 1.39. The lowest BCUT2D eigenvalue weighted by Gasteiger charge is -2.11. The zero-order chi connectivity index (χ0) is 13.0. The van der Waals surface area contributed by atoms with Crippen molar-refractivity contribution < 1.29 is 9.53 Å². The van der Waals surface area contributed by atoms with Gasteiger partial charge < -0.3 is 10.1 Å². The van der Waals surface area contributed by atoms with Crippen molar-refractivity contribution in [3.05, 3.63) is 42.1 Å². The highest BCUT2D eigenvalue weighted by Crippen LogP contribution is 2.13. The van der Waals surface area contributed by atoms with E-state index in [0.29, 0.717) is 6.54 Å². The molecule has 18 heavy (non-hydrogen) atoms. The number of carbonyl (C=O) groups is 1. The van der Waals surface area contributed by atoms with Crippen LogP contribution in [0.1, 0.15) is 12.5 Å². The van der Waals surface area contributed by atoms with Gasteiger partial charge in [0.05, 0.1) is 12.6 Å². The van der Waals surface area contributed by atoms with Gasteiger partial charge in [-0.25, -0.2) is 0 Å². The van der Waals surface area contributed by atoms with Gasteiger partial charge in [0.2, 0.25) is 0 Å². The molecule has 1 aromatic heterocycles. The van der Waals surface area contributed by atoms with Crippen molar-refractivity contribution in [1.29, 1.82) is 0 Å². The molecule has 0 saturated carbocycles. The van der Waals surface area contributed by atoms with E-state index in [0.717, 1.165) is 16.5 Å². The Morgan fingerprint density at radius 2 is 2.28 bits per heavy atom. The van der Waals surface area contributed by atoms with E-state index in [1.165, 1.54) is 7.11 Å². The van der Waals surface area contributed by atoms with E-state index in [1.807, 2.05) is 24.3 Å². The molecule has 94 valence electrons. The number of ether oxygens (including phenoxy) is 1. The average molecular weight is 244 g/mol. The zero-order valence-corrected chi connectivity index (χ0v) is 10.5. The Morgan fingerprint density at radius 3 is 3.06 bits per heavy atom. The molecule has 0 amide bonds. The van der Waals surface area contributed by atoms with Crippen LogP contribution in [-0.4, -0.2) is 24.1 Å². The fraction of sp³-hybridized carbons (Fsp3) is 0.286. The molecule has 0 aliphatic carbocycles. The van der Waals surface area contributed by atoms with Crippen molar-refractivity contribution in [2.75, 3.05) is 7.11 Å². The van der Waals surface area contributed by atoms with Crippen molar-refractivity contribution in [3.63, 3.8) is 0 Å². The second-order valence-electron chi connectivity index (χ2n) is 4.16. The van der Waals surface area contributed by atoms with Crippen molar-refractivity contribution in [2.45, 2.75) is 19.5 Å². The SMILES string of the molecule is COC(=O)[C@H](C)NCc1ccc2ncccc2c1. The van der Waals surface area contributed by atoms with Gasteiger partial charge >= 0.3 is 5.97 Å². The monoisotopic (exact) mass is 244 g/mol. The Morgan fingerprint density at radius 1 is 1.44 bits per heavy atom. The summed E-state index contributed by atoms with van der Waals surface area (Å²) in [4.78, 5) is 15.5. The number of nitrogens with zero attached hydrogens (tertiary/aromatic N) is 1. The van der Waals surface area contributed by atoms with E-state index in [-0.39, 0.29) is 12.0 Å². The van der Waals surface area contributed by atoms with E-state index in [1.54, 1.807) is 13.1 Å². The smallest absolute Gasteiger partial charge is 0.322 e. The maximum absolute atomic E-state index is 11.3. The Labute approximate surface area is 106 Å². The average Bonchev–Trinajstić information content (AvgIpc) is 2.43. The molecule has 2 aromatic rings. The first-order valence-electron chi connectivity index (χ1n) is 5.85. The predicted molar refractivity (Wildman–Crippen MR) is 70.1 cm³/mol. The molecule has 1 heterocycles. The van der Waals surface area contributed by atoms with Crippen molar-refractivity contribution in [3.8, 4) is 0 Å². The summed E-state index contributed by atoms with van der Waals surface area (Å²) in [6.07, 6.45) is 1.78. The first-order chi connectivity index (χ1) is 8.70. The standard InChI is InChI=1S/C14H16N2O2/c1-10(14(17)18-2)16-9-11-5-6-13-12(8-11)4-3-7-15-13/h3-8,10,16H,9H2,1-2H3/t10-/m0/s1. The van der Waals surface area contributed by atoms with Crippen LogP contribution in [0, 0.1) is 0 Å². The number of aromatic nitrogens is 1.